The number of fused-ring (bicyclic) bond motifs is 1. The topological polar surface area (TPSA) is 45.2 Å². The van der Waals surface area contributed by atoms with Gasteiger partial charge in [0, 0.05) is 30.2 Å². The normalized spacial score (nSPS) is 10.9. The van der Waals surface area contributed by atoms with Crippen LogP contribution in [-0.4, -0.2) is 34.9 Å². The molecule has 0 saturated carbocycles. The second kappa shape index (κ2) is 6.57. The lowest BCUT2D eigenvalue weighted by atomic mass is 10.1. The van der Waals surface area contributed by atoms with E-state index in [0.29, 0.717) is 12.2 Å². The van der Waals surface area contributed by atoms with Crippen molar-refractivity contribution in [1.29, 1.82) is 0 Å². The summed E-state index contributed by atoms with van der Waals surface area (Å²) in [6.07, 6.45) is 0. The molecule has 0 aliphatic carbocycles. The van der Waals surface area contributed by atoms with Gasteiger partial charge in [0.15, 0.2) is 0 Å². The van der Waals surface area contributed by atoms with Crippen molar-refractivity contribution >= 4 is 22.5 Å². The molecule has 0 bridgehead atoms. The SMILES string of the molecule is CCNc1cc(C(=O)N(CC)C(C)C)nc2ccccc12. The standard InChI is InChI=1S/C17H23N3O/c1-5-18-15-11-16(17(21)20(6-2)12(3)4)19-14-10-8-7-9-13(14)15/h7-12H,5-6H2,1-4H3,(H,18,19). The van der Waals surface area contributed by atoms with Gasteiger partial charge in [0.2, 0.25) is 0 Å². The average Bonchev–Trinajstić information content (AvgIpc) is 2.47. The maximum Gasteiger partial charge on any atom is 0.272 e. The molecule has 112 valence electrons. The van der Waals surface area contributed by atoms with Gasteiger partial charge in [-0.25, -0.2) is 4.98 Å². The molecule has 1 aromatic carbocycles. The number of anilines is 1. The highest BCUT2D eigenvalue weighted by Gasteiger charge is 2.19. The third kappa shape index (κ3) is 3.15. The van der Waals surface area contributed by atoms with Crippen LogP contribution in [0.5, 0.6) is 0 Å². The Hall–Kier alpha value is -2.10. The number of pyridine rings is 1. The number of nitrogens with one attached hydrogen (secondary N) is 1. The number of carbonyl (C=O) groups is 1. The molecule has 0 aliphatic heterocycles. The van der Waals surface area contributed by atoms with Crippen LogP contribution >= 0.6 is 0 Å². The molecule has 0 saturated heterocycles. The number of hydrogen-bond acceptors (Lipinski definition) is 3. The molecule has 0 fully saturated rings. The van der Waals surface area contributed by atoms with Crippen molar-refractivity contribution in [3.63, 3.8) is 0 Å². The van der Waals surface area contributed by atoms with Crippen LogP contribution in [0.3, 0.4) is 0 Å². The Morgan fingerprint density at radius 1 is 1.29 bits per heavy atom. The minimum atomic E-state index is -0.0163. The zero-order valence-corrected chi connectivity index (χ0v) is 13.2. The number of para-hydroxylation sites is 1. The first-order chi connectivity index (χ1) is 10.1. The molecule has 4 heteroatoms. The Kier molecular flexibility index (Phi) is 4.78. The Morgan fingerprint density at radius 3 is 2.62 bits per heavy atom. The maximum absolute atomic E-state index is 12.7. The Balaban J connectivity index is 2.51. The van der Waals surface area contributed by atoms with E-state index in [2.05, 4.69) is 10.3 Å². The van der Waals surface area contributed by atoms with Crippen LogP contribution in [0.25, 0.3) is 10.9 Å². The van der Waals surface area contributed by atoms with Crippen molar-refractivity contribution in [3.05, 3.63) is 36.0 Å². The predicted octanol–water partition coefficient (Wildman–Crippen LogP) is 3.54. The van der Waals surface area contributed by atoms with Gasteiger partial charge < -0.3 is 10.2 Å². The van der Waals surface area contributed by atoms with E-state index < -0.39 is 0 Å². The molecule has 0 unspecified atom stereocenters. The van der Waals surface area contributed by atoms with Crippen molar-refractivity contribution < 1.29 is 4.79 Å². The van der Waals surface area contributed by atoms with Crippen LogP contribution in [0.4, 0.5) is 5.69 Å². The Labute approximate surface area is 126 Å². The molecular formula is C17H23N3O. The van der Waals surface area contributed by atoms with Gasteiger partial charge in [-0.3, -0.25) is 4.79 Å². The van der Waals surface area contributed by atoms with E-state index in [-0.39, 0.29) is 11.9 Å². The van der Waals surface area contributed by atoms with Crippen molar-refractivity contribution in [1.82, 2.24) is 9.88 Å². The van der Waals surface area contributed by atoms with E-state index in [9.17, 15) is 4.79 Å². The van der Waals surface area contributed by atoms with Gasteiger partial charge in [-0.2, -0.15) is 0 Å². The summed E-state index contributed by atoms with van der Waals surface area (Å²) in [5.41, 5.74) is 2.31. The maximum atomic E-state index is 12.7. The van der Waals surface area contributed by atoms with Gasteiger partial charge in [0.1, 0.15) is 5.69 Å². The number of nitrogens with zero attached hydrogens (tertiary/aromatic N) is 2. The second-order valence-corrected chi connectivity index (χ2v) is 5.29. The number of rotatable bonds is 5. The summed E-state index contributed by atoms with van der Waals surface area (Å²) in [7, 11) is 0. The molecule has 0 aliphatic rings. The highest BCUT2D eigenvalue weighted by atomic mass is 16.2. The number of amides is 1. The van der Waals surface area contributed by atoms with Crippen molar-refractivity contribution in [3.8, 4) is 0 Å². The lowest BCUT2D eigenvalue weighted by Crippen LogP contribution is -2.37. The molecular weight excluding hydrogens is 262 g/mol. The number of carbonyl (C=O) groups excluding carboxylic acids is 1. The fourth-order valence-electron chi connectivity index (χ4n) is 2.51. The van der Waals surface area contributed by atoms with Crippen molar-refractivity contribution in [2.75, 3.05) is 18.4 Å². The molecule has 1 heterocycles. The van der Waals surface area contributed by atoms with E-state index in [1.165, 1.54) is 0 Å². The molecule has 1 aromatic heterocycles. The van der Waals surface area contributed by atoms with Gasteiger partial charge >= 0.3 is 0 Å². The van der Waals surface area contributed by atoms with Gasteiger partial charge in [-0.05, 0) is 39.8 Å². The molecule has 2 aromatic rings. The van der Waals surface area contributed by atoms with Crippen LogP contribution in [0.2, 0.25) is 0 Å². The first-order valence-electron chi connectivity index (χ1n) is 7.53. The zero-order valence-electron chi connectivity index (χ0n) is 13.2. The third-order valence-electron chi connectivity index (χ3n) is 3.53. The van der Waals surface area contributed by atoms with Gasteiger partial charge in [0.25, 0.3) is 5.91 Å². The molecule has 0 spiro atoms. The summed E-state index contributed by atoms with van der Waals surface area (Å²) in [6.45, 7) is 9.57. The second-order valence-electron chi connectivity index (χ2n) is 5.29. The molecule has 0 radical (unpaired) electrons. The van der Waals surface area contributed by atoms with Crippen LogP contribution in [0.15, 0.2) is 30.3 Å². The van der Waals surface area contributed by atoms with E-state index in [0.717, 1.165) is 23.1 Å². The van der Waals surface area contributed by atoms with Crippen LogP contribution in [0, 0.1) is 0 Å². The zero-order chi connectivity index (χ0) is 15.4. The number of aromatic nitrogens is 1. The molecule has 4 nitrogen and oxygen atoms in total. The summed E-state index contributed by atoms with van der Waals surface area (Å²) in [6, 6.07) is 9.92. The lowest BCUT2D eigenvalue weighted by molar-refractivity contribution is 0.0711. The first kappa shape index (κ1) is 15.3. The molecule has 21 heavy (non-hydrogen) atoms. The number of hydrogen-bond donors (Lipinski definition) is 1. The molecule has 1 amide bonds. The molecule has 1 N–H and O–H groups in total. The van der Waals surface area contributed by atoms with E-state index in [1.54, 1.807) is 0 Å². The highest BCUT2D eigenvalue weighted by Crippen LogP contribution is 2.24. The van der Waals surface area contributed by atoms with Gasteiger partial charge in [-0.15, -0.1) is 0 Å². The predicted molar refractivity (Wildman–Crippen MR) is 87.8 cm³/mol. The fraction of sp³-hybridized carbons (Fsp3) is 0.412. The van der Waals surface area contributed by atoms with Crippen molar-refractivity contribution in [2.24, 2.45) is 0 Å². The van der Waals surface area contributed by atoms with Crippen molar-refractivity contribution in [2.45, 2.75) is 33.7 Å². The van der Waals surface area contributed by atoms with Crippen LogP contribution in [-0.2, 0) is 0 Å². The van der Waals surface area contributed by atoms with E-state index >= 15 is 0 Å². The summed E-state index contributed by atoms with van der Waals surface area (Å²) in [4.78, 5) is 19.0. The minimum Gasteiger partial charge on any atom is -0.385 e. The molecule has 0 atom stereocenters. The summed E-state index contributed by atoms with van der Waals surface area (Å²) in [5.74, 6) is -0.0163. The summed E-state index contributed by atoms with van der Waals surface area (Å²) >= 11 is 0. The molecule has 2 rings (SSSR count). The minimum absolute atomic E-state index is 0.0163. The van der Waals surface area contributed by atoms with Gasteiger partial charge in [-0.1, -0.05) is 18.2 Å². The quantitative estimate of drug-likeness (QED) is 0.914. The van der Waals surface area contributed by atoms with Crippen LogP contribution < -0.4 is 5.32 Å². The Morgan fingerprint density at radius 2 is 2.00 bits per heavy atom. The third-order valence-corrected chi connectivity index (χ3v) is 3.53. The largest absolute Gasteiger partial charge is 0.385 e. The van der Waals surface area contributed by atoms with E-state index in [4.69, 9.17) is 0 Å². The highest BCUT2D eigenvalue weighted by molar-refractivity contribution is 5.99. The van der Waals surface area contributed by atoms with E-state index in [1.807, 2.05) is 62.9 Å². The smallest absolute Gasteiger partial charge is 0.272 e. The number of benzene rings is 1. The van der Waals surface area contributed by atoms with Crippen LogP contribution in [0.1, 0.15) is 38.2 Å². The first-order valence-corrected chi connectivity index (χ1v) is 7.53. The monoisotopic (exact) mass is 285 g/mol. The lowest BCUT2D eigenvalue weighted by Gasteiger charge is -2.25. The Bertz CT molecular complexity index is 637. The van der Waals surface area contributed by atoms with Gasteiger partial charge in [0.05, 0.1) is 5.52 Å². The summed E-state index contributed by atoms with van der Waals surface area (Å²) in [5, 5.41) is 4.37. The average molecular weight is 285 g/mol. The fourth-order valence-corrected chi connectivity index (χ4v) is 2.51. The summed E-state index contributed by atoms with van der Waals surface area (Å²) < 4.78 is 0.